The molecule has 0 aliphatic carbocycles. The lowest BCUT2D eigenvalue weighted by Crippen LogP contribution is -2.37. The summed E-state index contributed by atoms with van der Waals surface area (Å²) in [5, 5.41) is 0. The van der Waals surface area contributed by atoms with E-state index < -0.39 is 26.5 Å². The van der Waals surface area contributed by atoms with Crippen molar-refractivity contribution in [1.82, 2.24) is 0 Å². The Labute approximate surface area is 314 Å². The van der Waals surface area contributed by atoms with Gasteiger partial charge in [-0.3, -0.25) is 18.6 Å². The Hall–Kier alpha value is -1.25. The summed E-state index contributed by atoms with van der Waals surface area (Å²) in [5.41, 5.74) is 0. The van der Waals surface area contributed by atoms with Crippen molar-refractivity contribution in [2.24, 2.45) is 0 Å². The molecule has 10 heteroatoms. The number of phosphoric ester groups is 1. The number of carbonyl (C=O) groups is 2. The minimum atomic E-state index is -4.37. The minimum absolute atomic E-state index is 0.0330. The molecule has 0 spiro atoms. The van der Waals surface area contributed by atoms with Crippen LogP contribution in [0, 0.1) is 0 Å². The molecule has 2 unspecified atom stereocenters. The third-order valence-corrected chi connectivity index (χ3v) is 10.0. The van der Waals surface area contributed by atoms with Crippen LogP contribution in [0.2, 0.25) is 0 Å². The third kappa shape index (κ3) is 38.3. The number of unbranched alkanes of at least 4 members (excludes halogenated alkanes) is 22. The van der Waals surface area contributed by atoms with Gasteiger partial charge in [-0.2, -0.15) is 0 Å². The van der Waals surface area contributed by atoms with Crippen LogP contribution < -0.4 is 0 Å². The topological polar surface area (TPSA) is 108 Å². The Morgan fingerprint density at radius 1 is 0.588 bits per heavy atom. The highest BCUT2D eigenvalue weighted by atomic mass is 31.2. The number of quaternary nitrogens is 1. The van der Waals surface area contributed by atoms with Gasteiger partial charge in [-0.15, -0.1) is 0 Å². The first-order chi connectivity index (χ1) is 24.5. The Morgan fingerprint density at radius 2 is 1.00 bits per heavy atom. The number of hydrogen-bond acceptors (Lipinski definition) is 7. The van der Waals surface area contributed by atoms with Gasteiger partial charge in [0.05, 0.1) is 27.7 Å². The zero-order valence-corrected chi connectivity index (χ0v) is 34.7. The molecule has 0 saturated carbocycles. The summed E-state index contributed by atoms with van der Waals surface area (Å²) in [6.45, 7) is 4.41. The number of phosphoric acid groups is 1. The van der Waals surface area contributed by atoms with E-state index in [1.807, 2.05) is 21.1 Å². The Kier molecular flexibility index (Phi) is 33.7. The third-order valence-electron chi connectivity index (χ3n) is 9.05. The highest BCUT2D eigenvalue weighted by Crippen LogP contribution is 2.43. The molecule has 302 valence electrons. The summed E-state index contributed by atoms with van der Waals surface area (Å²) >= 11 is 0. The quantitative estimate of drug-likeness (QED) is 0.0219. The molecule has 0 aliphatic heterocycles. The van der Waals surface area contributed by atoms with Crippen LogP contribution in [-0.4, -0.2) is 74.9 Å². The lowest BCUT2D eigenvalue weighted by atomic mass is 10.0. The molecule has 2 atom stereocenters. The van der Waals surface area contributed by atoms with Crippen LogP contribution in [0.1, 0.15) is 187 Å². The second-order valence-electron chi connectivity index (χ2n) is 15.4. The highest BCUT2D eigenvalue weighted by molar-refractivity contribution is 7.47. The maximum Gasteiger partial charge on any atom is 0.472 e. The van der Waals surface area contributed by atoms with Crippen molar-refractivity contribution in [3.63, 3.8) is 0 Å². The van der Waals surface area contributed by atoms with Crippen molar-refractivity contribution >= 4 is 19.8 Å². The molecule has 1 N–H and O–H groups in total. The standard InChI is InChI=1S/C41H80NO8P/c1-6-8-10-12-14-16-18-20-22-24-26-28-30-32-34-41(44)50-39(38-49-51(45,46)48-36-35-42(3,4)5)37-47-40(43)33-31-29-27-25-23-21-19-17-15-13-11-9-7-2/h18,20,39H,6-17,19,21-38H2,1-5H3/p+1/b20-18-. The van der Waals surface area contributed by atoms with Gasteiger partial charge in [0.1, 0.15) is 19.8 Å². The number of ether oxygens (including phenoxy) is 2. The van der Waals surface area contributed by atoms with Crippen molar-refractivity contribution < 1.29 is 42.1 Å². The van der Waals surface area contributed by atoms with Crippen LogP contribution in [0.5, 0.6) is 0 Å². The van der Waals surface area contributed by atoms with Gasteiger partial charge >= 0.3 is 19.8 Å². The minimum Gasteiger partial charge on any atom is -0.462 e. The molecule has 0 saturated heterocycles. The zero-order valence-electron chi connectivity index (χ0n) is 33.9. The smallest absolute Gasteiger partial charge is 0.462 e. The number of rotatable bonds is 38. The maximum atomic E-state index is 12.6. The molecule has 0 aromatic carbocycles. The Bertz CT molecular complexity index is 891. The van der Waals surface area contributed by atoms with Gasteiger partial charge in [-0.05, 0) is 38.5 Å². The second-order valence-corrected chi connectivity index (χ2v) is 16.8. The van der Waals surface area contributed by atoms with Gasteiger partial charge in [-0.1, -0.05) is 148 Å². The second kappa shape index (κ2) is 34.5. The van der Waals surface area contributed by atoms with Crippen molar-refractivity contribution in [2.45, 2.75) is 193 Å². The summed E-state index contributed by atoms with van der Waals surface area (Å²) in [6, 6.07) is 0. The van der Waals surface area contributed by atoms with Crippen LogP contribution in [0.3, 0.4) is 0 Å². The van der Waals surface area contributed by atoms with E-state index in [4.69, 9.17) is 18.5 Å². The van der Waals surface area contributed by atoms with E-state index in [1.165, 1.54) is 103 Å². The van der Waals surface area contributed by atoms with Crippen LogP contribution in [-0.2, 0) is 32.7 Å². The average molecular weight is 747 g/mol. The summed E-state index contributed by atoms with van der Waals surface area (Å²) < 4.78 is 34.2. The van der Waals surface area contributed by atoms with Crippen molar-refractivity contribution in [3.8, 4) is 0 Å². The number of nitrogens with zero attached hydrogens (tertiary/aromatic N) is 1. The predicted octanol–water partition coefficient (Wildman–Crippen LogP) is 11.4. The van der Waals surface area contributed by atoms with E-state index in [0.29, 0.717) is 23.9 Å². The summed E-state index contributed by atoms with van der Waals surface area (Å²) in [6.07, 6.45) is 33.9. The first kappa shape index (κ1) is 49.8. The number of esters is 2. The van der Waals surface area contributed by atoms with Crippen LogP contribution >= 0.6 is 7.82 Å². The fourth-order valence-corrected chi connectivity index (χ4v) is 6.46. The number of carbonyl (C=O) groups excluding carboxylic acids is 2. The molecule has 9 nitrogen and oxygen atoms in total. The number of hydrogen-bond donors (Lipinski definition) is 1. The van der Waals surface area contributed by atoms with E-state index in [-0.39, 0.29) is 25.6 Å². The van der Waals surface area contributed by atoms with Gasteiger partial charge in [-0.25, -0.2) is 4.57 Å². The van der Waals surface area contributed by atoms with Crippen molar-refractivity contribution in [3.05, 3.63) is 12.2 Å². The molecule has 0 radical (unpaired) electrons. The van der Waals surface area contributed by atoms with E-state index in [0.717, 1.165) is 51.4 Å². The monoisotopic (exact) mass is 747 g/mol. The number of allylic oxidation sites excluding steroid dienone is 2. The van der Waals surface area contributed by atoms with Crippen LogP contribution in [0.4, 0.5) is 0 Å². The van der Waals surface area contributed by atoms with Crippen LogP contribution in [0.15, 0.2) is 12.2 Å². The SMILES string of the molecule is CCCCCCC/C=C\CCCCCCCC(=O)OC(COC(=O)CCCCCCCCCCCCCCC)COP(=O)(O)OCC[N+](C)(C)C. The molecule has 0 aromatic rings. The molecule has 0 amide bonds. The van der Waals surface area contributed by atoms with E-state index in [9.17, 15) is 19.0 Å². The summed E-state index contributed by atoms with van der Waals surface area (Å²) in [4.78, 5) is 35.2. The molecule has 0 fully saturated rings. The highest BCUT2D eigenvalue weighted by Gasteiger charge is 2.27. The van der Waals surface area contributed by atoms with E-state index in [2.05, 4.69) is 26.0 Å². The molecule has 0 aliphatic rings. The maximum absolute atomic E-state index is 12.6. The van der Waals surface area contributed by atoms with Crippen LogP contribution in [0.25, 0.3) is 0 Å². The van der Waals surface area contributed by atoms with Gasteiger partial charge < -0.3 is 18.9 Å². The summed E-state index contributed by atoms with van der Waals surface area (Å²) in [5.74, 6) is -0.802. The van der Waals surface area contributed by atoms with Gasteiger partial charge in [0, 0.05) is 12.8 Å². The molecule has 0 rings (SSSR count). The molecular weight excluding hydrogens is 665 g/mol. The molecule has 51 heavy (non-hydrogen) atoms. The van der Waals surface area contributed by atoms with Gasteiger partial charge in [0.15, 0.2) is 6.10 Å². The zero-order chi connectivity index (χ0) is 37.9. The normalized spacial score (nSPS) is 13.8. The summed E-state index contributed by atoms with van der Waals surface area (Å²) in [7, 11) is 1.48. The first-order valence-electron chi connectivity index (χ1n) is 20.9. The lowest BCUT2D eigenvalue weighted by Gasteiger charge is -2.24. The fraction of sp³-hybridized carbons (Fsp3) is 0.902. The van der Waals surface area contributed by atoms with Crippen molar-refractivity contribution in [1.29, 1.82) is 0 Å². The van der Waals surface area contributed by atoms with Gasteiger partial charge in [0.25, 0.3) is 0 Å². The number of likely N-dealkylation sites (N-methyl/N-ethyl adjacent to an activating group) is 1. The predicted molar refractivity (Wildman–Crippen MR) is 211 cm³/mol. The molecule has 0 bridgehead atoms. The molecule has 0 aromatic heterocycles. The lowest BCUT2D eigenvalue weighted by molar-refractivity contribution is -0.870. The van der Waals surface area contributed by atoms with E-state index in [1.54, 1.807) is 0 Å². The Morgan fingerprint density at radius 3 is 1.45 bits per heavy atom. The van der Waals surface area contributed by atoms with E-state index >= 15 is 0 Å². The molecule has 0 heterocycles. The largest absolute Gasteiger partial charge is 0.472 e. The van der Waals surface area contributed by atoms with Crippen molar-refractivity contribution in [2.75, 3.05) is 47.5 Å². The molecular formula is C41H81NO8P+. The Balaban J connectivity index is 4.39. The average Bonchev–Trinajstić information content (AvgIpc) is 3.07. The van der Waals surface area contributed by atoms with Gasteiger partial charge in [0.2, 0.25) is 0 Å². The first-order valence-corrected chi connectivity index (χ1v) is 22.4. The fourth-order valence-electron chi connectivity index (χ4n) is 5.71.